The van der Waals surface area contributed by atoms with Gasteiger partial charge in [0.05, 0.1) is 11.1 Å². The summed E-state index contributed by atoms with van der Waals surface area (Å²) in [5.41, 5.74) is 6.42. The van der Waals surface area contributed by atoms with E-state index in [0.29, 0.717) is 29.6 Å². The van der Waals surface area contributed by atoms with E-state index in [-0.39, 0.29) is 11.7 Å². The molecule has 0 saturated heterocycles. The van der Waals surface area contributed by atoms with Gasteiger partial charge in [-0.15, -0.1) is 0 Å². The van der Waals surface area contributed by atoms with Gasteiger partial charge in [0.15, 0.2) is 11.7 Å². The van der Waals surface area contributed by atoms with Crippen LogP contribution in [-0.2, 0) is 4.79 Å². The highest BCUT2D eigenvalue weighted by atomic mass is 79.9. The zero-order valence-electron chi connectivity index (χ0n) is 17.0. The third kappa shape index (κ3) is 7.31. The van der Waals surface area contributed by atoms with Gasteiger partial charge in [-0.05, 0) is 83.0 Å². The number of rotatable bonds is 7. The Morgan fingerprint density at radius 1 is 1.07 bits per heavy atom. The molecule has 9 heteroatoms. The molecule has 0 spiro atoms. The summed E-state index contributed by atoms with van der Waals surface area (Å²) >= 11 is 8.46. The Kier molecular flexibility index (Phi) is 9.07. The largest absolute Gasteiger partial charge is 0.494 e. The van der Waals surface area contributed by atoms with Crippen molar-refractivity contribution >= 4 is 45.1 Å². The average molecular weight is 494 g/mol. The van der Waals surface area contributed by atoms with Crippen LogP contribution in [0, 0.1) is 0 Å². The van der Waals surface area contributed by atoms with Crippen LogP contribution in [0.25, 0.3) is 0 Å². The van der Waals surface area contributed by atoms with E-state index >= 15 is 0 Å². The fourth-order valence-electron chi connectivity index (χ4n) is 2.37. The monoisotopic (exact) mass is 493 g/mol. The van der Waals surface area contributed by atoms with E-state index in [2.05, 4.69) is 45.9 Å². The Hall–Kier alpha value is -2.65. The van der Waals surface area contributed by atoms with Gasteiger partial charge in [-0.2, -0.15) is 0 Å². The molecule has 2 rings (SSSR count). The van der Waals surface area contributed by atoms with Crippen LogP contribution in [0.2, 0.25) is 0 Å². The van der Waals surface area contributed by atoms with Crippen LogP contribution in [0.3, 0.4) is 0 Å². The second kappa shape index (κ2) is 11.5. The highest BCUT2D eigenvalue weighted by Crippen LogP contribution is 2.28. The summed E-state index contributed by atoms with van der Waals surface area (Å²) in [6, 6.07) is 12.4. The van der Waals surface area contributed by atoms with Gasteiger partial charge in [-0.3, -0.25) is 25.8 Å². The van der Waals surface area contributed by atoms with Gasteiger partial charge < -0.3 is 9.47 Å². The first-order valence-corrected chi connectivity index (χ1v) is 10.6. The topological polar surface area (TPSA) is 88.7 Å². The fourth-order valence-corrected chi connectivity index (χ4v) is 3.03. The molecule has 0 fully saturated rings. The lowest BCUT2D eigenvalue weighted by Gasteiger charge is -2.13. The molecule has 0 aliphatic carbocycles. The summed E-state index contributed by atoms with van der Waals surface area (Å²) in [7, 11) is 0. The van der Waals surface area contributed by atoms with Gasteiger partial charge in [0, 0.05) is 5.56 Å². The summed E-state index contributed by atoms with van der Waals surface area (Å²) in [5, 5.41) is 2.44. The molecule has 2 amide bonds. The second-order valence-corrected chi connectivity index (χ2v) is 7.81. The zero-order valence-corrected chi connectivity index (χ0v) is 19.4. The van der Waals surface area contributed by atoms with Crippen LogP contribution in [0.15, 0.2) is 46.9 Å². The van der Waals surface area contributed by atoms with Crippen LogP contribution in [0.5, 0.6) is 11.5 Å². The second-order valence-electron chi connectivity index (χ2n) is 6.55. The number of nitrogens with one attached hydrogen (secondary N) is 3. The number of carbonyl (C=O) groups is 2. The molecular weight excluding hydrogens is 470 g/mol. The molecule has 30 heavy (non-hydrogen) atoms. The van der Waals surface area contributed by atoms with Crippen LogP contribution in [0.1, 0.15) is 42.6 Å². The molecule has 0 aromatic heterocycles. The minimum atomic E-state index is -0.451. The van der Waals surface area contributed by atoms with Crippen molar-refractivity contribution in [3.63, 3.8) is 0 Å². The molecule has 3 N–H and O–H groups in total. The number of thiocarbonyl (C=S) groups is 1. The molecule has 2 aromatic carbocycles. The number of hydrogen-bond donors (Lipinski definition) is 3. The first kappa shape index (κ1) is 23.6. The molecule has 160 valence electrons. The lowest BCUT2D eigenvalue weighted by atomic mass is 10.0. The Labute approximate surface area is 189 Å². The maximum absolute atomic E-state index is 12.2. The molecule has 7 nitrogen and oxygen atoms in total. The standard InChI is InChI=1S/C21H24BrN3O4S/c1-4-28-16-8-5-14(6-9-16)20(27)23-21(30)25-24-19(26)12-29-18-10-7-15(13(2)3)11-17(18)22/h5-11,13H,4,12H2,1-3H3,(H,24,26)(H2,23,25,27,30). The number of hydrogen-bond acceptors (Lipinski definition) is 5. The molecule has 0 unspecified atom stereocenters. The van der Waals surface area contributed by atoms with Crippen LogP contribution < -0.4 is 25.6 Å². The van der Waals surface area contributed by atoms with Gasteiger partial charge in [0.2, 0.25) is 0 Å². The first-order valence-electron chi connectivity index (χ1n) is 9.35. The smallest absolute Gasteiger partial charge is 0.276 e. The van der Waals surface area contributed by atoms with Gasteiger partial charge >= 0.3 is 0 Å². The van der Waals surface area contributed by atoms with Gasteiger partial charge in [0.25, 0.3) is 11.8 Å². The third-order valence-electron chi connectivity index (χ3n) is 3.95. The van der Waals surface area contributed by atoms with Crippen molar-refractivity contribution < 1.29 is 19.1 Å². The average Bonchev–Trinajstić information content (AvgIpc) is 2.72. The molecule has 0 saturated carbocycles. The Bertz CT molecular complexity index is 904. The van der Waals surface area contributed by atoms with Gasteiger partial charge in [-0.25, -0.2) is 0 Å². The minimum Gasteiger partial charge on any atom is -0.494 e. The lowest BCUT2D eigenvalue weighted by Crippen LogP contribution is -2.49. The van der Waals surface area contributed by atoms with E-state index in [9.17, 15) is 9.59 Å². The normalized spacial score (nSPS) is 10.3. The summed E-state index contributed by atoms with van der Waals surface area (Å²) in [6.45, 7) is 6.40. The van der Waals surface area contributed by atoms with Crippen molar-refractivity contribution in [1.82, 2.24) is 16.2 Å². The third-order valence-corrected chi connectivity index (χ3v) is 4.78. The molecule has 2 aromatic rings. The maximum Gasteiger partial charge on any atom is 0.276 e. The number of hydrazine groups is 1. The van der Waals surface area contributed by atoms with E-state index in [0.717, 1.165) is 10.0 Å². The minimum absolute atomic E-state index is 0.0373. The van der Waals surface area contributed by atoms with Crippen molar-refractivity contribution in [2.75, 3.05) is 13.2 Å². The van der Waals surface area contributed by atoms with Crippen molar-refractivity contribution in [2.24, 2.45) is 0 Å². The maximum atomic E-state index is 12.2. The Morgan fingerprint density at radius 3 is 2.37 bits per heavy atom. The highest BCUT2D eigenvalue weighted by molar-refractivity contribution is 9.10. The van der Waals surface area contributed by atoms with Crippen LogP contribution in [0.4, 0.5) is 0 Å². The number of halogens is 1. The van der Waals surface area contributed by atoms with Crippen LogP contribution >= 0.6 is 28.1 Å². The van der Waals surface area contributed by atoms with Gasteiger partial charge in [0.1, 0.15) is 11.5 Å². The van der Waals surface area contributed by atoms with Crippen molar-refractivity contribution in [3.8, 4) is 11.5 Å². The lowest BCUT2D eigenvalue weighted by molar-refractivity contribution is -0.123. The summed E-state index contributed by atoms with van der Waals surface area (Å²) in [4.78, 5) is 24.1. The summed E-state index contributed by atoms with van der Waals surface area (Å²) in [6.07, 6.45) is 0. The zero-order chi connectivity index (χ0) is 22.1. The van der Waals surface area contributed by atoms with Crippen molar-refractivity contribution in [2.45, 2.75) is 26.7 Å². The fraction of sp³-hybridized carbons (Fsp3) is 0.286. The number of ether oxygens (including phenoxy) is 2. The van der Waals surface area contributed by atoms with Crippen molar-refractivity contribution in [3.05, 3.63) is 58.1 Å². The summed E-state index contributed by atoms with van der Waals surface area (Å²) in [5.74, 6) is 0.762. The molecule has 0 heterocycles. The van der Waals surface area contributed by atoms with E-state index in [1.54, 1.807) is 24.3 Å². The van der Waals surface area contributed by atoms with E-state index in [4.69, 9.17) is 21.7 Å². The number of carbonyl (C=O) groups excluding carboxylic acids is 2. The predicted molar refractivity (Wildman–Crippen MR) is 123 cm³/mol. The Balaban J connectivity index is 1.76. The molecule has 0 radical (unpaired) electrons. The summed E-state index contributed by atoms with van der Waals surface area (Å²) < 4.78 is 11.6. The quantitative estimate of drug-likeness (QED) is 0.402. The first-order chi connectivity index (χ1) is 14.3. The predicted octanol–water partition coefficient (Wildman–Crippen LogP) is 3.69. The Morgan fingerprint density at radius 2 is 1.77 bits per heavy atom. The van der Waals surface area contributed by atoms with E-state index in [1.165, 1.54) is 0 Å². The number of benzene rings is 2. The molecular formula is C21H24BrN3O4S. The molecule has 0 atom stereocenters. The number of amides is 2. The highest BCUT2D eigenvalue weighted by Gasteiger charge is 2.10. The molecule has 0 aliphatic heterocycles. The van der Waals surface area contributed by atoms with Crippen LogP contribution in [-0.4, -0.2) is 30.1 Å². The van der Waals surface area contributed by atoms with Crippen molar-refractivity contribution in [1.29, 1.82) is 0 Å². The SMILES string of the molecule is CCOc1ccc(C(=O)NC(=S)NNC(=O)COc2ccc(C(C)C)cc2Br)cc1. The molecule has 0 aliphatic rings. The van der Waals surface area contributed by atoms with E-state index < -0.39 is 11.8 Å². The van der Waals surface area contributed by atoms with Gasteiger partial charge in [-0.1, -0.05) is 19.9 Å². The van der Waals surface area contributed by atoms with E-state index in [1.807, 2.05) is 25.1 Å². The molecule has 0 bridgehead atoms.